The molecule has 0 saturated carbocycles. The predicted molar refractivity (Wildman–Crippen MR) is 110 cm³/mol. The molecule has 0 amide bonds. The van der Waals surface area contributed by atoms with Crippen molar-refractivity contribution in [3.8, 4) is 16.9 Å². The molecule has 0 spiro atoms. The zero-order valence-electron chi connectivity index (χ0n) is 15.0. The van der Waals surface area contributed by atoms with Crippen LogP contribution in [0.5, 0.6) is 0 Å². The number of aromatic nitrogens is 2. The summed E-state index contributed by atoms with van der Waals surface area (Å²) in [5.41, 5.74) is 0.960. The molecule has 0 atom stereocenters. The Hall–Kier alpha value is -1.89. The van der Waals surface area contributed by atoms with E-state index in [4.69, 9.17) is 34.8 Å². The van der Waals surface area contributed by atoms with Gasteiger partial charge in [0.05, 0.1) is 27.0 Å². The van der Waals surface area contributed by atoms with E-state index in [1.54, 1.807) is 18.2 Å². The predicted octanol–water partition coefficient (Wildman–Crippen LogP) is 7.27. The molecule has 0 radical (unpaired) electrons. The van der Waals surface area contributed by atoms with Crippen molar-refractivity contribution < 1.29 is 13.2 Å². The van der Waals surface area contributed by atoms with Gasteiger partial charge < -0.3 is 5.32 Å². The van der Waals surface area contributed by atoms with Crippen LogP contribution in [-0.4, -0.2) is 16.3 Å². The molecule has 4 rings (SSSR count). The molecule has 1 aliphatic rings. The van der Waals surface area contributed by atoms with Crippen LogP contribution in [0.3, 0.4) is 0 Å². The third kappa shape index (κ3) is 3.81. The fourth-order valence-corrected chi connectivity index (χ4v) is 4.06. The Labute approximate surface area is 180 Å². The van der Waals surface area contributed by atoms with Gasteiger partial charge in [-0.3, -0.25) is 0 Å². The van der Waals surface area contributed by atoms with Crippen molar-refractivity contribution in [1.82, 2.24) is 9.78 Å². The van der Waals surface area contributed by atoms with E-state index in [0.29, 0.717) is 40.1 Å². The normalized spacial score (nSPS) is 14.3. The molecular weight excluding hydrogens is 446 g/mol. The lowest BCUT2D eigenvalue weighted by Crippen LogP contribution is -2.14. The maximum absolute atomic E-state index is 13.7. The Bertz CT molecular complexity index is 1080. The van der Waals surface area contributed by atoms with Crippen molar-refractivity contribution in [2.45, 2.75) is 25.4 Å². The zero-order chi connectivity index (χ0) is 20.8. The molecule has 2 aromatic carbocycles. The van der Waals surface area contributed by atoms with Gasteiger partial charge in [0.2, 0.25) is 0 Å². The standard InChI is InChI=1S/C20H15Cl3F3N3/c21-11-7-8-16(14(10-11)20(24,25)26)29-19-13(4-1-2-9-27-19)18(28-29)12-5-3-6-15(22)17(12)23/h3,5-8,10,27H,1-2,4,9H2. The first kappa shape index (κ1) is 20.4. The van der Waals surface area contributed by atoms with Crippen molar-refractivity contribution in [3.05, 3.63) is 62.6 Å². The molecular formula is C20H15Cl3F3N3. The quantitative estimate of drug-likeness (QED) is 0.436. The number of fused-ring (bicyclic) bond motifs is 1. The Kier molecular flexibility index (Phi) is 5.44. The van der Waals surface area contributed by atoms with Crippen LogP contribution in [-0.2, 0) is 12.6 Å². The maximum Gasteiger partial charge on any atom is 0.418 e. The first-order chi connectivity index (χ1) is 13.8. The van der Waals surface area contributed by atoms with E-state index < -0.39 is 11.7 Å². The molecule has 0 unspecified atom stereocenters. The van der Waals surface area contributed by atoms with Crippen LogP contribution in [0.1, 0.15) is 24.0 Å². The summed E-state index contributed by atoms with van der Waals surface area (Å²) in [5, 5.41) is 8.46. The molecule has 0 bridgehead atoms. The fourth-order valence-electron chi connectivity index (χ4n) is 3.50. The lowest BCUT2D eigenvalue weighted by Gasteiger charge is -2.16. The first-order valence-corrected chi connectivity index (χ1v) is 10.1. The van der Waals surface area contributed by atoms with Crippen molar-refractivity contribution in [2.75, 3.05) is 11.9 Å². The maximum atomic E-state index is 13.7. The van der Waals surface area contributed by atoms with E-state index in [1.807, 2.05) is 0 Å². The summed E-state index contributed by atoms with van der Waals surface area (Å²) >= 11 is 18.4. The summed E-state index contributed by atoms with van der Waals surface area (Å²) in [4.78, 5) is 0. The van der Waals surface area contributed by atoms with Gasteiger partial charge in [-0.1, -0.05) is 46.9 Å². The highest BCUT2D eigenvalue weighted by Crippen LogP contribution is 2.42. The summed E-state index contributed by atoms with van der Waals surface area (Å²) in [6, 6.07) is 8.81. The fraction of sp³-hybridized carbons (Fsp3) is 0.250. The van der Waals surface area contributed by atoms with Crippen LogP contribution in [0.4, 0.5) is 19.0 Å². The smallest absolute Gasteiger partial charge is 0.370 e. The van der Waals surface area contributed by atoms with Crippen LogP contribution in [0.25, 0.3) is 16.9 Å². The van der Waals surface area contributed by atoms with Gasteiger partial charge in [-0.15, -0.1) is 0 Å². The second-order valence-electron chi connectivity index (χ2n) is 6.73. The molecule has 0 aliphatic carbocycles. The number of anilines is 1. The first-order valence-electron chi connectivity index (χ1n) is 8.94. The average Bonchev–Trinajstić information content (AvgIpc) is 2.84. The Morgan fingerprint density at radius 1 is 1.03 bits per heavy atom. The molecule has 2 heterocycles. The molecule has 1 aromatic heterocycles. The van der Waals surface area contributed by atoms with Gasteiger partial charge in [0.1, 0.15) is 5.82 Å². The number of hydrogen-bond acceptors (Lipinski definition) is 2. The number of halogens is 6. The van der Waals surface area contributed by atoms with Crippen LogP contribution < -0.4 is 5.32 Å². The van der Waals surface area contributed by atoms with E-state index in [2.05, 4.69) is 10.4 Å². The molecule has 1 aliphatic heterocycles. The van der Waals surface area contributed by atoms with E-state index in [1.165, 1.54) is 16.8 Å². The minimum Gasteiger partial charge on any atom is -0.370 e. The molecule has 9 heteroatoms. The lowest BCUT2D eigenvalue weighted by atomic mass is 10.0. The number of nitrogens with one attached hydrogen (secondary N) is 1. The number of rotatable bonds is 2. The Morgan fingerprint density at radius 2 is 1.83 bits per heavy atom. The highest BCUT2D eigenvalue weighted by Gasteiger charge is 2.36. The average molecular weight is 461 g/mol. The van der Waals surface area contributed by atoms with Gasteiger partial charge in [-0.2, -0.15) is 18.3 Å². The van der Waals surface area contributed by atoms with Crippen molar-refractivity contribution in [3.63, 3.8) is 0 Å². The zero-order valence-corrected chi connectivity index (χ0v) is 17.2. The summed E-state index contributed by atoms with van der Waals surface area (Å²) in [6.07, 6.45) is -2.15. The van der Waals surface area contributed by atoms with Crippen LogP contribution in [0, 0.1) is 0 Å². The van der Waals surface area contributed by atoms with Gasteiger partial charge in [-0.05, 0) is 43.5 Å². The summed E-state index contributed by atoms with van der Waals surface area (Å²) in [7, 11) is 0. The third-order valence-electron chi connectivity index (χ3n) is 4.83. The number of hydrogen-bond donors (Lipinski definition) is 1. The van der Waals surface area contributed by atoms with Crippen LogP contribution in [0.2, 0.25) is 15.1 Å². The number of benzene rings is 2. The van der Waals surface area contributed by atoms with Gasteiger partial charge >= 0.3 is 6.18 Å². The minimum absolute atomic E-state index is 0.00499. The number of alkyl halides is 3. The van der Waals surface area contributed by atoms with Gasteiger partial charge in [-0.25, -0.2) is 4.68 Å². The van der Waals surface area contributed by atoms with Crippen LogP contribution >= 0.6 is 34.8 Å². The SMILES string of the molecule is FC(F)(F)c1cc(Cl)ccc1-n1nc(-c2cccc(Cl)c2Cl)c2c1NCCCC2. The molecule has 1 N–H and O–H groups in total. The van der Waals surface area contributed by atoms with Crippen LogP contribution in [0.15, 0.2) is 36.4 Å². The van der Waals surface area contributed by atoms with Crippen molar-refractivity contribution >= 4 is 40.6 Å². The second-order valence-corrected chi connectivity index (χ2v) is 7.95. The summed E-state index contributed by atoms with van der Waals surface area (Å²) < 4.78 is 42.4. The highest BCUT2D eigenvalue weighted by molar-refractivity contribution is 6.43. The highest BCUT2D eigenvalue weighted by atomic mass is 35.5. The molecule has 3 aromatic rings. The molecule has 0 fully saturated rings. The molecule has 152 valence electrons. The molecule has 29 heavy (non-hydrogen) atoms. The van der Waals surface area contributed by atoms with Gasteiger partial charge in [0, 0.05) is 22.7 Å². The topological polar surface area (TPSA) is 29.9 Å². The monoisotopic (exact) mass is 459 g/mol. The van der Waals surface area contributed by atoms with E-state index >= 15 is 0 Å². The van der Waals surface area contributed by atoms with E-state index in [9.17, 15) is 13.2 Å². The Balaban J connectivity index is 2.00. The van der Waals surface area contributed by atoms with Crippen molar-refractivity contribution in [1.29, 1.82) is 0 Å². The van der Waals surface area contributed by atoms with E-state index in [0.717, 1.165) is 24.5 Å². The summed E-state index contributed by atoms with van der Waals surface area (Å²) in [5.74, 6) is 0.529. The molecule has 0 saturated heterocycles. The van der Waals surface area contributed by atoms with E-state index in [-0.39, 0.29) is 10.7 Å². The Morgan fingerprint density at radius 3 is 2.59 bits per heavy atom. The minimum atomic E-state index is -4.59. The molecule has 3 nitrogen and oxygen atoms in total. The number of nitrogens with zero attached hydrogens (tertiary/aromatic N) is 2. The summed E-state index contributed by atoms with van der Waals surface area (Å²) in [6.45, 7) is 0.635. The lowest BCUT2D eigenvalue weighted by molar-refractivity contribution is -0.137. The second kappa shape index (κ2) is 7.74. The van der Waals surface area contributed by atoms with Crippen molar-refractivity contribution in [2.24, 2.45) is 0 Å². The largest absolute Gasteiger partial charge is 0.418 e. The third-order valence-corrected chi connectivity index (χ3v) is 5.88. The van der Waals surface area contributed by atoms with Gasteiger partial charge in [0.25, 0.3) is 0 Å². The van der Waals surface area contributed by atoms with Gasteiger partial charge in [0.15, 0.2) is 0 Å².